The van der Waals surface area contributed by atoms with Crippen LogP contribution in [0.1, 0.15) is 29.3 Å². The lowest BCUT2D eigenvalue weighted by Gasteiger charge is -1.93. The molecule has 2 aromatic heterocycles. The van der Waals surface area contributed by atoms with Crippen LogP contribution in [-0.2, 0) is 12.8 Å². The second-order valence-corrected chi connectivity index (χ2v) is 4.94. The highest BCUT2D eigenvalue weighted by molar-refractivity contribution is 7.09. The summed E-state index contributed by atoms with van der Waals surface area (Å²) < 4.78 is 5.08. The van der Waals surface area contributed by atoms with Gasteiger partial charge in [-0.05, 0) is 13.8 Å². The highest BCUT2D eigenvalue weighted by Gasteiger charge is 2.11. The van der Waals surface area contributed by atoms with E-state index in [1.807, 2.05) is 19.2 Å². The molecule has 0 aromatic carbocycles. The van der Waals surface area contributed by atoms with Gasteiger partial charge in [-0.15, -0.1) is 11.3 Å². The second kappa shape index (κ2) is 5.06. The molecule has 88 valence electrons. The van der Waals surface area contributed by atoms with Gasteiger partial charge in [-0.2, -0.15) is 10.2 Å². The summed E-state index contributed by atoms with van der Waals surface area (Å²) in [6, 6.07) is 2.14. The van der Waals surface area contributed by atoms with Crippen LogP contribution in [0, 0.1) is 24.2 Å². The smallest absolute Gasteiger partial charge is 0.227 e. The molecule has 0 amide bonds. The van der Waals surface area contributed by atoms with Crippen molar-refractivity contribution in [1.29, 1.82) is 5.26 Å². The van der Waals surface area contributed by atoms with Gasteiger partial charge < -0.3 is 4.52 Å². The van der Waals surface area contributed by atoms with Gasteiger partial charge >= 0.3 is 0 Å². The predicted octanol–water partition coefficient (Wildman–Crippen LogP) is 2.13. The van der Waals surface area contributed by atoms with E-state index in [4.69, 9.17) is 9.78 Å². The van der Waals surface area contributed by atoms with E-state index in [1.54, 1.807) is 11.3 Å². The van der Waals surface area contributed by atoms with Gasteiger partial charge in [0.2, 0.25) is 5.89 Å². The van der Waals surface area contributed by atoms with Gasteiger partial charge in [-0.1, -0.05) is 5.16 Å². The van der Waals surface area contributed by atoms with Gasteiger partial charge in [0.25, 0.3) is 0 Å². The normalized spacial score (nSPS) is 12.3. The van der Waals surface area contributed by atoms with Gasteiger partial charge in [0.05, 0.1) is 29.1 Å². The molecule has 0 N–H and O–H groups in total. The maximum Gasteiger partial charge on any atom is 0.227 e. The molecule has 2 rings (SSSR count). The third-order valence-corrected chi connectivity index (χ3v) is 3.04. The van der Waals surface area contributed by atoms with Crippen molar-refractivity contribution in [3.8, 4) is 6.07 Å². The molecular weight excluding hydrogens is 236 g/mol. The van der Waals surface area contributed by atoms with Gasteiger partial charge in [0, 0.05) is 11.8 Å². The van der Waals surface area contributed by atoms with Crippen LogP contribution in [-0.4, -0.2) is 15.1 Å². The summed E-state index contributed by atoms with van der Waals surface area (Å²) in [7, 11) is 0. The third-order valence-electron chi connectivity index (χ3n) is 2.22. The van der Waals surface area contributed by atoms with Crippen LogP contribution in [0.5, 0.6) is 0 Å². The van der Waals surface area contributed by atoms with Crippen molar-refractivity contribution < 1.29 is 4.52 Å². The average Bonchev–Trinajstić information content (AvgIpc) is 2.89. The van der Waals surface area contributed by atoms with Crippen molar-refractivity contribution in [2.75, 3.05) is 0 Å². The molecule has 5 nitrogen and oxygen atoms in total. The van der Waals surface area contributed by atoms with Crippen molar-refractivity contribution in [3.63, 3.8) is 0 Å². The van der Waals surface area contributed by atoms with E-state index in [2.05, 4.69) is 21.2 Å². The Kier molecular flexibility index (Phi) is 3.49. The summed E-state index contributed by atoms with van der Waals surface area (Å²) in [5, 5.41) is 15.6. The van der Waals surface area contributed by atoms with Crippen LogP contribution in [0.2, 0.25) is 0 Å². The molecule has 0 saturated heterocycles. The third kappa shape index (κ3) is 3.11. The molecule has 0 aliphatic heterocycles. The van der Waals surface area contributed by atoms with Crippen molar-refractivity contribution in [2.45, 2.75) is 26.7 Å². The topological polar surface area (TPSA) is 75.6 Å². The predicted molar refractivity (Wildman–Crippen MR) is 62.4 cm³/mol. The zero-order valence-electron chi connectivity index (χ0n) is 9.67. The minimum Gasteiger partial charge on any atom is -0.339 e. The Labute approximate surface area is 103 Å². The average molecular weight is 248 g/mol. The summed E-state index contributed by atoms with van der Waals surface area (Å²) >= 11 is 1.60. The van der Waals surface area contributed by atoms with Gasteiger partial charge in [0.1, 0.15) is 0 Å². The van der Waals surface area contributed by atoms with E-state index in [0.717, 1.165) is 10.7 Å². The van der Waals surface area contributed by atoms with Crippen molar-refractivity contribution in [2.24, 2.45) is 5.92 Å². The first-order valence-electron chi connectivity index (χ1n) is 5.29. The fourth-order valence-corrected chi connectivity index (χ4v) is 2.02. The fourth-order valence-electron chi connectivity index (χ4n) is 1.40. The van der Waals surface area contributed by atoms with Gasteiger partial charge in [0.15, 0.2) is 5.82 Å². The standard InChI is InChI=1S/C11H12N4OS/c1-7(5-12)3-11-14-10(15-16-11)4-9-6-17-8(2)13-9/h6-7H,3-4H2,1-2H3. The number of aromatic nitrogens is 3. The Morgan fingerprint density at radius 2 is 2.35 bits per heavy atom. The maximum absolute atomic E-state index is 8.69. The Bertz CT molecular complexity index is 540. The summed E-state index contributed by atoms with van der Waals surface area (Å²) in [5.74, 6) is 1.03. The lowest BCUT2D eigenvalue weighted by molar-refractivity contribution is 0.365. The number of rotatable bonds is 4. The number of thiazole rings is 1. The SMILES string of the molecule is Cc1nc(Cc2noc(CC(C)C#N)n2)cs1. The zero-order valence-corrected chi connectivity index (χ0v) is 10.5. The molecule has 0 saturated carbocycles. The van der Waals surface area contributed by atoms with Crippen molar-refractivity contribution in [1.82, 2.24) is 15.1 Å². The number of hydrogen-bond acceptors (Lipinski definition) is 6. The van der Waals surface area contributed by atoms with Crippen LogP contribution in [0.25, 0.3) is 0 Å². The monoisotopic (exact) mass is 248 g/mol. The van der Waals surface area contributed by atoms with Crippen LogP contribution in [0.4, 0.5) is 0 Å². The molecule has 0 fully saturated rings. The molecule has 0 aliphatic rings. The molecular formula is C11H12N4OS. The number of hydrogen-bond donors (Lipinski definition) is 0. The second-order valence-electron chi connectivity index (χ2n) is 3.87. The minimum absolute atomic E-state index is 0.107. The summed E-state index contributed by atoms with van der Waals surface area (Å²) in [4.78, 5) is 8.58. The molecule has 0 aliphatic carbocycles. The van der Waals surface area contributed by atoms with Crippen LogP contribution < -0.4 is 0 Å². The summed E-state index contributed by atoms with van der Waals surface area (Å²) in [6.07, 6.45) is 1.08. The molecule has 0 radical (unpaired) electrons. The Morgan fingerprint density at radius 3 is 3.00 bits per heavy atom. The first kappa shape index (κ1) is 11.7. The Hall–Kier alpha value is -1.74. The van der Waals surface area contributed by atoms with Crippen LogP contribution >= 0.6 is 11.3 Å². The molecule has 2 heterocycles. The van der Waals surface area contributed by atoms with Crippen LogP contribution in [0.15, 0.2) is 9.90 Å². The largest absolute Gasteiger partial charge is 0.339 e. The Balaban J connectivity index is 2.01. The van der Waals surface area contributed by atoms with Gasteiger partial charge in [-0.25, -0.2) is 4.98 Å². The van der Waals surface area contributed by atoms with E-state index >= 15 is 0 Å². The van der Waals surface area contributed by atoms with E-state index in [1.165, 1.54) is 0 Å². The lowest BCUT2D eigenvalue weighted by Crippen LogP contribution is -1.97. The van der Waals surface area contributed by atoms with E-state index in [-0.39, 0.29) is 5.92 Å². The summed E-state index contributed by atoms with van der Waals surface area (Å²) in [6.45, 7) is 3.79. The van der Waals surface area contributed by atoms with E-state index in [9.17, 15) is 0 Å². The van der Waals surface area contributed by atoms with Gasteiger partial charge in [-0.3, -0.25) is 0 Å². The molecule has 0 spiro atoms. The Morgan fingerprint density at radius 1 is 1.53 bits per heavy atom. The molecule has 2 aromatic rings. The number of nitriles is 1. The number of nitrogens with zero attached hydrogens (tertiary/aromatic N) is 4. The zero-order chi connectivity index (χ0) is 12.3. The highest BCUT2D eigenvalue weighted by atomic mass is 32.1. The first-order chi connectivity index (χ1) is 8.17. The van der Waals surface area contributed by atoms with E-state index in [0.29, 0.717) is 24.6 Å². The fraction of sp³-hybridized carbons (Fsp3) is 0.455. The molecule has 0 bridgehead atoms. The number of aryl methyl sites for hydroxylation is 1. The molecule has 17 heavy (non-hydrogen) atoms. The summed E-state index contributed by atoms with van der Waals surface area (Å²) in [5.41, 5.74) is 0.952. The lowest BCUT2D eigenvalue weighted by atomic mass is 10.1. The van der Waals surface area contributed by atoms with Crippen molar-refractivity contribution in [3.05, 3.63) is 27.8 Å². The quantitative estimate of drug-likeness (QED) is 0.828. The van der Waals surface area contributed by atoms with Crippen molar-refractivity contribution >= 4 is 11.3 Å². The molecule has 1 unspecified atom stereocenters. The van der Waals surface area contributed by atoms with E-state index < -0.39 is 0 Å². The van der Waals surface area contributed by atoms with Crippen LogP contribution in [0.3, 0.4) is 0 Å². The minimum atomic E-state index is -0.107. The molecule has 6 heteroatoms. The maximum atomic E-state index is 8.69. The highest BCUT2D eigenvalue weighted by Crippen LogP contribution is 2.12. The first-order valence-corrected chi connectivity index (χ1v) is 6.17. The molecule has 1 atom stereocenters.